The Hall–Kier alpha value is -1.84. The first-order chi connectivity index (χ1) is 9.97. The fraction of sp³-hybridized carbons (Fsp3) is 0.529. The summed E-state index contributed by atoms with van der Waals surface area (Å²) < 4.78 is 5.43. The van der Waals surface area contributed by atoms with Gasteiger partial charge in [0, 0.05) is 5.56 Å². The lowest BCUT2D eigenvalue weighted by atomic mass is 9.77. The first kappa shape index (κ1) is 15.5. The molecule has 0 aromatic heterocycles. The molecule has 4 nitrogen and oxygen atoms in total. The Labute approximate surface area is 126 Å². The topological polar surface area (TPSA) is 76.2 Å². The molecule has 114 valence electrons. The van der Waals surface area contributed by atoms with E-state index in [0.717, 1.165) is 31.6 Å². The molecule has 1 aromatic rings. The minimum absolute atomic E-state index is 0.0138. The fourth-order valence-electron chi connectivity index (χ4n) is 2.92. The van der Waals surface area contributed by atoms with Crippen molar-refractivity contribution in [3.63, 3.8) is 0 Å². The molecule has 0 bridgehead atoms. The summed E-state index contributed by atoms with van der Waals surface area (Å²) in [5, 5.41) is 7.33. The maximum Gasteiger partial charge on any atom is 0.314 e. The van der Waals surface area contributed by atoms with E-state index in [2.05, 4.69) is 13.8 Å². The van der Waals surface area contributed by atoms with E-state index in [1.54, 1.807) is 24.3 Å². The number of amidine groups is 1. The molecule has 0 unspecified atom stereocenters. The van der Waals surface area contributed by atoms with Crippen molar-refractivity contribution in [3.05, 3.63) is 29.8 Å². The number of carbonyl (C=O) groups is 1. The van der Waals surface area contributed by atoms with E-state index >= 15 is 0 Å². The molecule has 0 radical (unpaired) electrons. The van der Waals surface area contributed by atoms with Crippen molar-refractivity contribution in [3.8, 4) is 5.75 Å². The molecule has 0 aliphatic heterocycles. The predicted molar refractivity (Wildman–Crippen MR) is 83.4 cm³/mol. The SMILES string of the molecule is CC(C)[C@H]1CC[C@@H](C(=O)Oc2ccc(C(=N)N)cc2)CC1. The zero-order chi connectivity index (χ0) is 15.4. The molecular weight excluding hydrogens is 264 g/mol. The van der Waals surface area contributed by atoms with E-state index in [9.17, 15) is 4.79 Å². The van der Waals surface area contributed by atoms with Gasteiger partial charge in [-0.15, -0.1) is 0 Å². The highest BCUT2D eigenvalue weighted by Crippen LogP contribution is 2.34. The van der Waals surface area contributed by atoms with Gasteiger partial charge in [0.1, 0.15) is 11.6 Å². The molecule has 0 saturated heterocycles. The summed E-state index contributed by atoms with van der Waals surface area (Å²) in [6, 6.07) is 6.77. The van der Waals surface area contributed by atoms with E-state index < -0.39 is 0 Å². The van der Waals surface area contributed by atoms with Crippen molar-refractivity contribution >= 4 is 11.8 Å². The lowest BCUT2D eigenvalue weighted by Crippen LogP contribution is -2.27. The summed E-state index contributed by atoms with van der Waals surface area (Å²) in [7, 11) is 0. The third kappa shape index (κ3) is 4.06. The van der Waals surface area contributed by atoms with Crippen molar-refractivity contribution in [1.29, 1.82) is 5.41 Å². The molecule has 1 aromatic carbocycles. The van der Waals surface area contributed by atoms with Crippen LogP contribution in [0.2, 0.25) is 0 Å². The summed E-state index contributed by atoms with van der Waals surface area (Å²) in [6.07, 6.45) is 4.07. The van der Waals surface area contributed by atoms with Gasteiger partial charge in [0.15, 0.2) is 0 Å². The molecule has 3 N–H and O–H groups in total. The Kier molecular flexibility index (Phi) is 4.99. The van der Waals surface area contributed by atoms with Crippen molar-refractivity contribution in [1.82, 2.24) is 0 Å². The van der Waals surface area contributed by atoms with Crippen LogP contribution in [0.25, 0.3) is 0 Å². The minimum atomic E-state index is -0.132. The molecule has 2 rings (SSSR count). The number of rotatable bonds is 4. The number of hydrogen-bond acceptors (Lipinski definition) is 3. The van der Waals surface area contributed by atoms with Gasteiger partial charge in [-0.05, 0) is 61.8 Å². The lowest BCUT2D eigenvalue weighted by molar-refractivity contribution is -0.140. The largest absolute Gasteiger partial charge is 0.426 e. The maximum atomic E-state index is 12.2. The Morgan fingerprint density at radius 2 is 1.76 bits per heavy atom. The average molecular weight is 288 g/mol. The number of ether oxygens (including phenoxy) is 1. The summed E-state index contributed by atoms with van der Waals surface area (Å²) in [6.45, 7) is 4.50. The second kappa shape index (κ2) is 6.74. The third-order valence-electron chi connectivity index (χ3n) is 4.43. The zero-order valence-electron chi connectivity index (χ0n) is 12.8. The van der Waals surface area contributed by atoms with Crippen molar-refractivity contribution < 1.29 is 9.53 Å². The highest BCUT2D eigenvalue weighted by molar-refractivity contribution is 5.95. The molecular formula is C17H24N2O2. The van der Waals surface area contributed by atoms with Crippen LogP contribution in [0.1, 0.15) is 45.1 Å². The van der Waals surface area contributed by atoms with Crippen LogP contribution in [-0.4, -0.2) is 11.8 Å². The molecule has 21 heavy (non-hydrogen) atoms. The van der Waals surface area contributed by atoms with E-state index in [-0.39, 0.29) is 17.7 Å². The number of hydrogen-bond donors (Lipinski definition) is 2. The van der Waals surface area contributed by atoms with Gasteiger partial charge in [0.2, 0.25) is 0 Å². The smallest absolute Gasteiger partial charge is 0.314 e. The Morgan fingerprint density at radius 1 is 1.19 bits per heavy atom. The van der Waals surface area contributed by atoms with E-state index in [1.807, 2.05) is 0 Å². The first-order valence-corrected chi connectivity index (χ1v) is 7.63. The van der Waals surface area contributed by atoms with Crippen molar-refractivity contribution in [2.24, 2.45) is 23.5 Å². The summed E-state index contributed by atoms with van der Waals surface area (Å²) >= 11 is 0. The number of nitrogens with one attached hydrogen (secondary N) is 1. The van der Waals surface area contributed by atoms with Gasteiger partial charge in [0.05, 0.1) is 5.92 Å². The minimum Gasteiger partial charge on any atom is -0.426 e. The number of benzene rings is 1. The van der Waals surface area contributed by atoms with E-state index in [4.69, 9.17) is 15.9 Å². The van der Waals surface area contributed by atoms with Crippen molar-refractivity contribution in [2.45, 2.75) is 39.5 Å². The standard InChI is InChI=1S/C17H24N2O2/c1-11(2)12-3-5-14(6-4-12)17(20)21-15-9-7-13(8-10-15)16(18)19/h7-12,14H,3-6H2,1-2H3,(H3,18,19)/t12-,14+. The van der Waals surface area contributed by atoms with Gasteiger partial charge in [-0.25, -0.2) is 0 Å². The molecule has 0 atom stereocenters. The number of esters is 1. The number of carbonyl (C=O) groups excluding carboxylic acids is 1. The lowest BCUT2D eigenvalue weighted by Gasteiger charge is -2.29. The monoisotopic (exact) mass is 288 g/mol. The van der Waals surface area contributed by atoms with Gasteiger partial charge in [-0.1, -0.05) is 13.8 Å². The number of nitrogens with two attached hydrogens (primary N) is 1. The van der Waals surface area contributed by atoms with Crippen LogP contribution in [0.3, 0.4) is 0 Å². The van der Waals surface area contributed by atoms with Crippen molar-refractivity contribution in [2.75, 3.05) is 0 Å². The van der Waals surface area contributed by atoms with Gasteiger partial charge < -0.3 is 10.5 Å². The normalized spacial score (nSPS) is 22.0. The summed E-state index contributed by atoms with van der Waals surface area (Å²) in [5.41, 5.74) is 6.03. The number of nitrogen functional groups attached to an aromatic ring is 1. The summed E-state index contributed by atoms with van der Waals surface area (Å²) in [4.78, 5) is 12.2. The van der Waals surface area contributed by atoms with Crippen LogP contribution < -0.4 is 10.5 Å². The molecule has 0 spiro atoms. The van der Waals surface area contributed by atoms with Gasteiger partial charge in [0.25, 0.3) is 0 Å². The van der Waals surface area contributed by atoms with Gasteiger partial charge in [-0.2, -0.15) is 0 Å². The predicted octanol–water partition coefficient (Wildman–Crippen LogP) is 3.34. The Morgan fingerprint density at radius 3 is 2.24 bits per heavy atom. The van der Waals surface area contributed by atoms with Crippen LogP contribution in [0.4, 0.5) is 0 Å². The molecule has 0 amide bonds. The summed E-state index contributed by atoms with van der Waals surface area (Å²) in [5.74, 6) is 1.86. The molecule has 0 heterocycles. The first-order valence-electron chi connectivity index (χ1n) is 7.63. The molecule has 4 heteroatoms. The average Bonchev–Trinajstić information content (AvgIpc) is 2.47. The molecule has 1 fully saturated rings. The van der Waals surface area contributed by atoms with Crippen LogP contribution in [0.5, 0.6) is 5.75 Å². The Balaban J connectivity index is 1.89. The third-order valence-corrected chi connectivity index (χ3v) is 4.43. The van der Waals surface area contributed by atoms with Gasteiger partial charge >= 0.3 is 5.97 Å². The highest BCUT2D eigenvalue weighted by atomic mass is 16.5. The maximum absolute atomic E-state index is 12.2. The zero-order valence-corrected chi connectivity index (χ0v) is 12.8. The molecule has 1 aliphatic rings. The van der Waals surface area contributed by atoms with Crippen LogP contribution in [0, 0.1) is 23.2 Å². The quantitative estimate of drug-likeness (QED) is 0.386. The van der Waals surface area contributed by atoms with E-state index in [0.29, 0.717) is 17.2 Å². The van der Waals surface area contributed by atoms with E-state index in [1.165, 1.54) is 0 Å². The van der Waals surface area contributed by atoms with Crippen LogP contribution in [0.15, 0.2) is 24.3 Å². The fourth-order valence-corrected chi connectivity index (χ4v) is 2.92. The molecule has 1 aliphatic carbocycles. The highest BCUT2D eigenvalue weighted by Gasteiger charge is 2.28. The van der Waals surface area contributed by atoms with Gasteiger partial charge in [-0.3, -0.25) is 10.2 Å². The Bertz CT molecular complexity index is 500. The van der Waals surface area contributed by atoms with Crippen LogP contribution in [-0.2, 0) is 4.79 Å². The van der Waals surface area contributed by atoms with Crippen LogP contribution >= 0.6 is 0 Å². The second-order valence-corrected chi connectivity index (χ2v) is 6.21. The second-order valence-electron chi connectivity index (χ2n) is 6.21. The molecule has 1 saturated carbocycles.